The molecule has 196 valence electrons. The second-order valence-electron chi connectivity index (χ2n) is 9.16. The van der Waals surface area contributed by atoms with Crippen LogP contribution in [0.4, 0.5) is 10.8 Å². The molecular weight excluding hydrogens is 528 g/mol. The molecule has 0 fully saturated rings. The molecule has 0 spiro atoms. The van der Waals surface area contributed by atoms with Gasteiger partial charge in [-0.3, -0.25) is 14.4 Å². The summed E-state index contributed by atoms with van der Waals surface area (Å²) in [6.07, 6.45) is 0. The van der Waals surface area contributed by atoms with Crippen molar-refractivity contribution in [2.45, 2.75) is 25.7 Å². The lowest BCUT2D eigenvalue weighted by Crippen LogP contribution is -2.36. The number of anilines is 2. The van der Waals surface area contributed by atoms with Gasteiger partial charge in [0, 0.05) is 24.3 Å². The highest BCUT2D eigenvalue weighted by molar-refractivity contribution is 7.92. The van der Waals surface area contributed by atoms with Gasteiger partial charge >= 0.3 is 0 Å². The number of fused-ring (bicyclic) bond motifs is 1. The van der Waals surface area contributed by atoms with E-state index in [1.807, 2.05) is 32.0 Å². The number of nitrogens with one attached hydrogen (secondary N) is 1. The maximum atomic E-state index is 13.6. The Balaban J connectivity index is 0.00000380. The van der Waals surface area contributed by atoms with Gasteiger partial charge in [0.05, 0.1) is 15.1 Å². The van der Waals surface area contributed by atoms with Crippen molar-refractivity contribution in [1.82, 2.24) is 9.88 Å². The van der Waals surface area contributed by atoms with Crippen LogP contribution in [0.1, 0.15) is 27.0 Å². The third-order valence-electron chi connectivity index (χ3n) is 5.95. The zero-order valence-corrected chi connectivity index (χ0v) is 23.9. The van der Waals surface area contributed by atoms with Crippen molar-refractivity contribution in [2.24, 2.45) is 0 Å². The predicted octanol–water partition coefficient (Wildman–Crippen LogP) is 5.65. The van der Waals surface area contributed by atoms with Crippen LogP contribution in [0.5, 0.6) is 0 Å². The number of halogens is 1. The van der Waals surface area contributed by atoms with Crippen LogP contribution < -0.4 is 9.62 Å². The van der Waals surface area contributed by atoms with Crippen LogP contribution in [-0.4, -0.2) is 51.4 Å². The molecule has 0 bridgehead atoms. The van der Waals surface area contributed by atoms with Crippen molar-refractivity contribution in [3.8, 4) is 0 Å². The number of rotatable bonds is 8. The molecule has 4 rings (SSSR count). The molecule has 10 heteroatoms. The summed E-state index contributed by atoms with van der Waals surface area (Å²) in [5.41, 5.74) is 5.05. The number of likely N-dealkylation sites (N-methyl/N-ethyl adjacent to an activating group) is 1. The number of hydrogen-bond acceptors (Lipinski definition) is 6. The standard InChI is InChI=1S/C27H30N4O3S2.ClH/c1-18-6-12-23(13-7-18)36(33,34)29-22-10-8-21(9-11-22)26(32)31(15-14-30(4)5)27-28-24-16-19(2)20(3)17-25(24)35-27;/h6-13,16-17,29H,14-15H2,1-5H3;1H. The Labute approximate surface area is 228 Å². The van der Waals surface area contributed by atoms with Gasteiger partial charge in [-0.25, -0.2) is 13.4 Å². The van der Waals surface area contributed by atoms with Gasteiger partial charge in [-0.1, -0.05) is 29.0 Å². The summed E-state index contributed by atoms with van der Waals surface area (Å²) in [6.45, 7) is 7.17. The highest BCUT2D eigenvalue weighted by Gasteiger charge is 2.22. The first kappa shape index (κ1) is 28.6. The number of thiazole rings is 1. The molecule has 0 atom stereocenters. The Morgan fingerprint density at radius 3 is 2.16 bits per heavy atom. The van der Waals surface area contributed by atoms with Crippen LogP contribution in [0, 0.1) is 20.8 Å². The smallest absolute Gasteiger partial charge is 0.261 e. The Bertz CT molecular complexity index is 1460. The second-order valence-corrected chi connectivity index (χ2v) is 11.8. The summed E-state index contributed by atoms with van der Waals surface area (Å²) >= 11 is 1.50. The maximum absolute atomic E-state index is 13.6. The summed E-state index contributed by atoms with van der Waals surface area (Å²) in [7, 11) is 0.200. The molecule has 37 heavy (non-hydrogen) atoms. The van der Waals surface area contributed by atoms with Crippen LogP contribution in [-0.2, 0) is 10.0 Å². The largest absolute Gasteiger partial charge is 0.308 e. The number of aryl methyl sites for hydroxylation is 3. The molecule has 0 aliphatic rings. The van der Waals surface area contributed by atoms with Gasteiger partial charge in [0.25, 0.3) is 15.9 Å². The van der Waals surface area contributed by atoms with E-state index in [0.29, 0.717) is 29.5 Å². The average molecular weight is 559 g/mol. The summed E-state index contributed by atoms with van der Waals surface area (Å²) in [5, 5.41) is 0.644. The molecule has 1 aromatic heterocycles. The minimum Gasteiger partial charge on any atom is -0.308 e. The number of amides is 1. The number of sulfonamides is 1. The summed E-state index contributed by atoms with van der Waals surface area (Å²) in [4.78, 5) is 22.2. The number of carbonyl (C=O) groups is 1. The van der Waals surface area contributed by atoms with Crippen LogP contribution in [0.25, 0.3) is 10.2 Å². The zero-order chi connectivity index (χ0) is 26.0. The number of hydrogen-bond donors (Lipinski definition) is 1. The third-order valence-corrected chi connectivity index (χ3v) is 8.39. The molecular formula is C27H31ClN4O3S2. The van der Waals surface area contributed by atoms with Gasteiger partial charge in [-0.05, 0) is 94.5 Å². The molecule has 0 radical (unpaired) electrons. The Kier molecular flexibility index (Phi) is 8.96. The number of carbonyl (C=O) groups excluding carboxylic acids is 1. The van der Waals surface area contributed by atoms with E-state index >= 15 is 0 Å². The normalized spacial score (nSPS) is 11.4. The third kappa shape index (κ3) is 6.67. The van der Waals surface area contributed by atoms with Crippen molar-refractivity contribution in [1.29, 1.82) is 0 Å². The zero-order valence-electron chi connectivity index (χ0n) is 21.5. The lowest BCUT2D eigenvalue weighted by Gasteiger charge is -2.22. The molecule has 3 aromatic carbocycles. The Morgan fingerprint density at radius 1 is 0.919 bits per heavy atom. The first-order valence-electron chi connectivity index (χ1n) is 11.6. The molecule has 4 aromatic rings. The highest BCUT2D eigenvalue weighted by Crippen LogP contribution is 2.31. The van der Waals surface area contributed by atoms with E-state index in [1.165, 1.54) is 16.9 Å². The lowest BCUT2D eigenvalue weighted by molar-refractivity contribution is 0.0985. The Hall–Kier alpha value is -2.98. The SMILES string of the molecule is Cc1ccc(S(=O)(=O)Nc2ccc(C(=O)N(CCN(C)C)c3nc4cc(C)c(C)cc4s3)cc2)cc1.Cl. The monoisotopic (exact) mass is 558 g/mol. The van der Waals surface area contributed by atoms with E-state index in [2.05, 4.69) is 24.6 Å². The quantitative estimate of drug-likeness (QED) is 0.302. The molecule has 0 aliphatic heterocycles. The van der Waals surface area contributed by atoms with E-state index < -0.39 is 10.0 Å². The Morgan fingerprint density at radius 2 is 1.54 bits per heavy atom. The van der Waals surface area contributed by atoms with E-state index in [1.54, 1.807) is 53.4 Å². The van der Waals surface area contributed by atoms with Crippen molar-refractivity contribution < 1.29 is 13.2 Å². The van der Waals surface area contributed by atoms with Crippen molar-refractivity contribution >= 4 is 60.7 Å². The molecule has 0 aliphatic carbocycles. The number of benzene rings is 3. The van der Waals surface area contributed by atoms with Crippen LogP contribution in [0.2, 0.25) is 0 Å². The molecule has 1 heterocycles. The molecule has 1 N–H and O–H groups in total. The highest BCUT2D eigenvalue weighted by atomic mass is 35.5. The minimum atomic E-state index is -3.72. The van der Waals surface area contributed by atoms with Crippen molar-refractivity contribution in [3.63, 3.8) is 0 Å². The fourth-order valence-corrected chi connectivity index (χ4v) is 5.76. The summed E-state index contributed by atoms with van der Waals surface area (Å²) < 4.78 is 29.0. The van der Waals surface area contributed by atoms with Crippen LogP contribution in [0.15, 0.2) is 65.6 Å². The second kappa shape index (κ2) is 11.6. The van der Waals surface area contributed by atoms with Gasteiger partial charge in [-0.2, -0.15) is 0 Å². The van der Waals surface area contributed by atoms with Crippen molar-refractivity contribution in [2.75, 3.05) is 36.8 Å². The van der Waals surface area contributed by atoms with Gasteiger partial charge < -0.3 is 4.90 Å². The van der Waals surface area contributed by atoms with Gasteiger partial charge in [0.1, 0.15) is 0 Å². The predicted molar refractivity (Wildman–Crippen MR) is 155 cm³/mol. The van der Waals surface area contributed by atoms with Crippen LogP contribution >= 0.6 is 23.7 Å². The van der Waals surface area contributed by atoms with E-state index in [4.69, 9.17) is 4.98 Å². The van der Waals surface area contributed by atoms with Gasteiger partial charge in [-0.15, -0.1) is 12.4 Å². The lowest BCUT2D eigenvalue weighted by atomic mass is 10.1. The number of nitrogens with zero attached hydrogens (tertiary/aromatic N) is 3. The first-order chi connectivity index (χ1) is 17.0. The fraction of sp³-hybridized carbons (Fsp3) is 0.259. The molecule has 0 saturated carbocycles. The minimum absolute atomic E-state index is 0. The van der Waals surface area contributed by atoms with Gasteiger partial charge in [0.2, 0.25) is 0 Å². The first-order valence-corrected chi connectivity index (χ1v) is 13.9. The van der Waals surface area contributed by atoms with Crippen molar-refractivity contribution in [3.05, 3.63) is 82.9 Å². The summed E-state index contributed by atoms with van der Waals surface area (Å²) in [6, 6.07) is 17.3. The van der Waals surface area contributed by atoms with Crippen LogP contribution in [0.3, 0.4) is 0 Å². The molecule has 7 nitrogen and oxygen atoms in total. The molecule has 1 amide bonds. The number of aromatic nitrogens is 1. The average Bonchev–Trinajstić information content (AvgIpc) is 3.21. The van der Waals surface area contributed by atoms with E-state index in [-0.39, 0.29) is 23.2 Å². The maximum Gasteiger partial charge on any atom is 0.261 e. The molecule has 0 saturated heterocycles. The fourth-order valence-electron chi connectivity index (χ4n) is 3.64. The van der Waals surface area contributed by atoms with E-state index in [9.17, 15) is 13.2 Å². The summed E-state index contributed by atoms with van der Waals surface area (Å²) in [5.74, 6) is -0.183. The topological polar surface area (TPSA) is 82.6 Å². The van der Waals surface area contributed by atoms with E-state index in [0.717, 1.165) is 21.3 Å². The van der Waals surface area contributed by atoms with Gasteiger partial charge in [0.15, 0.2) is 5.13 Å². The molecule has 0 unspecified atom stereocenters.